The molecular formula is C24H27BrO2. The Kier molecular flexibility index (Phi) is 7.01. The van der Waals surface area contributed by atoms with Crippen LogP contribution in [0.4, 0.5) is 0 Å². The number of rotatable bonds is 5. The number of carbonyl (C=O) groups excluding carboxylic acids is 2. The molecule has 2 atom stereocenters. The van der Waals surface area contributed by atoms with E-state index in [4.69, 9.17) is 0 Å². The molecule has 1 aliphatic carbocycles. The number of aryl methyl sites for hydroxylation is 1. The van der Waals surface area contributed by atoms with Gasteiger partial charge in [-0.15, -0.1) is 0 Å². The van der Waals surface area contributed by atoms with Gasteiger partial charge in [-0.25, -0.2) is 0 Å². The third-order valence-electron chi connectivity index (χ3n) is 5.66. The van der Waals surface area contributed by atoms with Crippen LogP contribution in [0, 0.1) is 12.8 Å². The SMILES string of the molecule is Cc1ccc([C@H](CC(=O)c2ccc(Br)cc2)[C@H]2CCCCCCC2=O)cc1. The van der Waals surface area contributed by atoms with Crippen LogP contribution < -0.4 is 0 Å². The molecule has 0 spiro atoms. The van der Waals surface area contributed by atoms with Gasteiger partial charge in [0.15, 0.2) is 5.78 Å². The van der Waals surface area contributed by atoms with E-state index < -0.39 is 0 Å². The molecular weight excluding hydrogens is 400 g/mol. The zero-order valence-electron chi connectivity index (χ0n) is 15.9. The summed E-state index contributed by atoms with van der Waals surface area (Å²) >= 11 is 3.42. The molecule has 2 aromatic carbocycles. The van der Waals surface area contributed by atoms with Gasteiger partial charge in [0.25, 0.3) is 0 Å². The average Bonchev–Trinajstić information content (AvgIpc) is 2.65. The number of ketones is 2. The molecule has 3 heteroatoms. The molecule has 0 heterocycles. The van der Waals surface area contributed by atoms with Gasteiger partial charge in [0, 0.05) is 34.7 Å². The van der Waals surface area contributed by atoms with Crippen molar-refractivity contribution in [2.45, 2.75) is 57.8 Å². The smallest absolute Gasteiger partial charge is 0.163 e. The Balaban J connectivity index is 1.88. The number of hydrogen-bond donors (Lipinski definition) is 0. The van der Waals surface area contributed by atoms with Crippen LogP contribution in [0.2, 0.25) is 0 Å². The Bertz CT molecular complexity index is 777. The molecule has 0 aromatic heterocycles. The minimum absolute atomic E-state index is 0.0349. The number of benzene rings is 2. The maximum Gasteiger partial charge on any atom is 0.163 e. The highest BCUT2D eigenvalue weighted by Crippen LogP contribution is 2.36. The lowest BCUT2D eigenvalue weighted by molar-refractivity contribution is -0.124. The molecule has 0 amide bonds. The number of halogens is 1. The van der Waals surface area contributed by atoms with Gasteiger partial charge in [-0.1, -0.05) is 77.2 Å². The van der Waals surface area contributed by atoms with Crippen LogP contribution in [0.3, 0.4) is 0 Å². The summed E-state index contributed by atoms with van der Waals surface area (Å²) in [6.07, 6.45) is 6.32. The molecule has 1 saturated carbocycles. The molecule has 0 radical (unpaired) electrons. The van der Waals surface area contributed by atoms with Crippen LogP contribution >= 0.6 is 15.9 Å². The highest BCUT2D eigenvalue weighted by atomic mass is 79.9. The third-order valence-corrected chi connectivity index (χ3v) is 6.19. The lowest BCUT2D eigenvalue weighted by Gasteiger charge is -2.28. The first-order valence-corrected chi connectivity index (χ1v) is 10.7. The van der Waals surface area contributed by atoms with Crippen LogP contribution in [-0.4, -0.2) is 11.6 Å². The van der Waals surface area contributed by atoms with Gasteiger partial charge < -0.3 is 0 Å². The molecule has 3 rings (SSSR count). The Morgan fingerprint density at radius 3 is 2.37 bits per heavy atom. The van der Waals surface area contributed by atoms with E-state index in [-0.39, 0.29) is 17.6 Å². The molecule has 0 bridgehead atoms. The Morgan fingerprint density at radius 1 is 1.00 bits per heavy atom. The zero-order chi connectivity index (χ0) is 19.2. The minimum atomic E-state index is -0.0487. The molecule has 27 heavy (non-hydrogen) atoms. The van der Waals surface area contributed by atoms with E-state index in [0.717, 1.165) is 35.7 Å². The lowest BCUT2D eigenvalue weighted by atomic mass is 9.75. The van der Waals surface area contributed by atoms with Crippen LogP contribution in [0.1, 0.15) is 72.3 Å². The van der Waals surface area contributed by atoms with Crippen molar-refractivity contribution in [2.75, 3.05) is 0 Å². The van der Waals surface area contributed by atoms with E-state index in [9.17, 15) is 9.59 Å². The van der Waals surface area contributed by atoms with Gasteiger partial charge in [-0.3, -0.25) is 9.59 Å². The second-order valence-corrected chi connectivity index (χ2v) is 8.59. The molecule has 2 aromatic rings. The Labute approximate surface area is 170 Å². The Morgan fingerprint density at radius 2 is 1.67 bits per heavy atom. The fourth-order valence-electron chi connectivity index (χ4n) is 4.05. The maximum absolute atomic E-state index is 13.0. The van der Waals surface area contributed by atoms with Crippen LogP contribution in [-0.2, 0) is 4.79 Å². The van der Waals surface area contributed by atoms with E-state index in [1.165, 1.54) is 12.0 Å². The van der Waals surface area contributed by atoms with Crippen molar-refractivity contribution < 1.29 is 9.59 Å². The largest absolute Gasteiger partial charge is 0.299 e. The summed E-state index contributed by atoms with van der Waals surface area (Å²) in [5.41, 5.74) is 3.03. The zero-order valence-corrected chi connectivity index (χ0v) is 17.5. The first-order valence-electron chi connectivity index (χ1n) is 9.92. The predicted molar refractivity (Wildman–Crippen MR) is 113 cm³/mol. The number of Topliss-reactive ketones (excluding diaryl/α,β-unsaturated/α-hetero) is 2. The third kappa shape index (κ3) is 5.38. The summed E-state index contributed by atoms with van der Waals surface area (Å²) in [6, 6.07) is 15.9. The standard InChI is InChI=1S/C24H27BrO2/c1-17-8-10-18(11-9-17)22(21-6-4-2-3-5-7-23(21)26)16-24(27)19-12-14-20(25)15-13-19/h8-15,21-22H,2-7,16H2,1H3/t21-,22+/m1/s1. The van der Waals surface area contributed by atoms with Gasteiger partial charge in [0.1, 0.15) is 5.78 Å². The molecule has 0 saturated heterocycles. The molecule has 1 fully saturated rings. The number of hydrogen-bond acceptors (Lipinski definition) is 2. The highest BCUT2D eigenvalue weighted by Gasteiger charge is 2.31. The highest BCUT2D eigenvalue weighted by molar-refractivity contribution is 9.10. The predicted octanol–water partition coefficient (Wildman–Crippen LogP) is 6.65. The van der Waals surface area contributed by atoms with Gasteiger partial charge >= 0.3 is 0 Å². The van der Waals surface area contributed by atoms with Crippen molar-refractivity contribution in [1.29, 1.82) is 0 Å². The van der Waals surface area contributed by atoms with E-state index in [0.29, 0.717) is 24.2 Å². The van der Waals surface area contributed by atoms with Crippen LogP contribution in [0.15, 0.2) is 53.0 Å². The van der Waals surface area contributed by atoms with Crippen LogP contribution in [0.5, 0.6) is 0 Å². The normalized spacial score (nSPS) is 19.2. The molecule has 0 aliphatic heterocycles. The van der Waals surface area contributed by atoms with E-state index in [1.54, 1.807) is 0 Å². The van der Waals surface area contributed by atoms with Crippen LogP contribution in [0.25, 0.3) is 0 Å². The van der Waals surface area contributed by atoms with Crippen molar-refractivity contribution in [3.63, 3.8) is 0 Å². The first kappa shape index (κ1) is 20.0. The summed E-state index contributed by atoms with van der Waals surface area (Å²) in [5, 5.41) is 0. The van der Waals surface area contributed by atoms with Crippen molar-refractivity contribution >= 4 is 27.5 Å². The topological polar surface area (TPSA) is 34.1 Å². The van der Waals surface area contributed by atoms with Gasteiger partial charge in [0.05, 0.1) is 0 Å². The van der Waals surface area contributed by atoms with Gasteiger partial charge in [-0.2, -0.15) is 0 Å². The second-order valence-electron chi connectivity index (χ2n) is 7.68. The van der Waals surface area contributed by atoms with E-state index in [1.807, 2.05) is 24.3 Å². The summed E-state index contributed by atoms with van der Waals surface area (Å²) in [7, 11) is 0. The summed E-state index contributed by atoms with van der Waals surface area (Å²) in [6.45, 7) is 2.06. The van der Waals surface area contributed by atoms with Crippen molar-refractivity contribution in [3.8, 4) is 0 Å². The van der Waals surface area contributed by atoms with Crippen molar-refractivity contribution in [2.24, 2.45) is 5.92 Å². The number of carbonyl (C=O) groups is 2. The summed E-state index contributed by atoms with van der Waals surface area (Å²) < 4.78 is 0.962. The van der Waals surface area contributed by atoms with Crippen molar-refractivity contribution in [3.05, 3.63) is 69.7 Å². The molecule has 0 unspecified atom stereocenters. The molecule has 0 N–H and O–H groups in total. The summed E-state index contributed by atoms with van der Waals surface area (Å²) in [4.78, 5) is 25.9. The van der Waals surface area contributed by atoms with Gasteiger partial charge in [0.2, 0.25) is 0 Å². The van der Waals surface area contributed by atoms with Gasteiger partial charge in [-0.05, 0) is 37.5 Å². The second kappa shape index (κ2) is 9.45. The average molecular weight is 427 g/mol. The fraction of sp³-hybridized carbons (Fsp3) is 0.417. The minimum Gasteiger partial charge on any atom is -0.299 e. The summed E-state index contributed by atoms with van der Waals surface area (Å²) in [5.74, 6) is 0.367. The molecule has 142 valence electrons. The van der Waals surface area contributed by atoms with E-state index >= 15 is 0 Å². The first-order chi connectivity index (χ1) is 13.0. The van der Waals surface area contributed by atoms with Crippen molar-refractivity contribution in [1.82, 2.24) is 0 Å². The maximum atomic E-state index is 13.0. The van der Waals surface area contributed by atoms with E-state index in [2.05, 4.69) is 47.1 Å². The molecule has 1 aliphatic rings. The quantitative estimate of drug-likeness (QED) is 0.501. The fourth-order valence-corrected chi connectivity index (χ4v) is 4.31. The Hall–Kier alpha value is -1.74. The molecule has 2 nitrogen and oxygen atoms in total. The monoisotopic (exact) mass is 426 g/mol. The lowest BCUT2D eigenvalue weighted by Crippen LogP contribution is -2.26.